The zero-order chi connectivity index (χ0) is 23.2. The summed E-state index contributed by atoms with van der Waals surface area (Å²) in [7, 11) is 1.55. The van der Waals surface area contributed by atoms with E-state index in [1.54, 1.807) is 25.3 Å². The number of benzene rings is 3. The monoisotopic (exact) mass is 437 g/mol. The van der Waals surface area contributed by atoms with E-state index in [0.717, 1.165) is 16.8 Å². The van der Waals surface area contributed by atoms with Gasteiger partial charge in [0.05, 0.1) is 24.2 Å². The molecule has 0 radical (unpaired) electrons. The first-order valence-corrected chi connectivity index (χ1v) is 10.7. The van der Waals surface area contributed by atoms with Gasteiger partial charge in [0.25, 0.3) is 0 Å². The Morgan fingerprint density at radius 2 is 1.94 bits per heavy atom. The molecule has 0 fully saturated rings. The van der Waals surface area contributed by atoms with E-state index in [-0.39, 0.29) is 5.69 Å². The number of methoxy groups -OCH3 is 1. The minimum Gasteiger partial charge on any atom is -0.493 e. The van der Waals surface area contributed by atoms with Crippen molar-refractivity contribution in [1.29, 1.82) is 5.26 Å². The van der Waals surface area contributed by atoms with E-state index >= 15 is 0 Å². The fraction of sp³-hybridized carbons (Fsp3) is 0.222. The zero-order valence-electron chi connectivity index (χ0n) is 18.7. The average Bonchev–Trinajstić information content (AvgIpc) is 3.02. The lowest BCUT2D eigenvalue weighted by Gasteiger charge is -2.47. The van der Waals surface area contributed by atoms with Crippen molar-refractivity contribution in [3.63, 3.8) is 0 Å². The van der Waals surface area contributed by atoms with Crippen molar-refractivity contribution in [2.75, 3.05) is 12.0 Å². The van der Waals surface area contributed by atoms with Gasteiger partial charge < -0.3 is 14.4 Å². The molecular weight excluding hydrogens is 414 g/mol. The van der Waals surface area contributed by atoms with Crippen molar-refractivity contribution in [2.45, 2.75) is 31.5 Å². The molecule has 3 aromatic carbocycles. The van der Waals surface area contributed by atoms with Gasteiger partial charge in [-0.3, -0.25) is 0 Å². The molecule has 3 aromatic rings. The number of rotatable bonds is 4. The summed E-state index contributed by atoms with van der Waals surface area (Å²) < 4.78 is 12.4. The molecule has 0 N–H and O–H groups in total. The van der Waals surface area contributed by atoms with Crippen molar-refractivity contribution >= 4 is 17.5 Å². The standard InChI is InChI=1S/C27H23N3O3/c1-26(2)22-9-4-5-10-23(22)30(17-19-8-6-7-18(13-19)16-28)27(26)12-11-20-14-21(29-31)15-24(32-3)25(20)33-27/h4-15H,17H2,1-3H3. The highest BCUT2D eigenvalue weighted by Crippen LogP contribution is 2.56. The van der Waals surface area contributed by atoms with Gasteiger partial charge in [-0.1, -0.05) is 30.3 Å². The first kappa shape index (κ1) is 20.8. The maximum absolute atomic E-state index is 11.2. The number of para-hydroxylation sites is 1. The molecule has 2 aliphatic rings. The molecule has 5 rings (SSSR count). The van der Waals surface area contributed by atoms with Crippen LogP contribution in [0.4, 0.5) is 11.4 Å². The lowest BCUT2D eigenvalue weighted by molar-refractivity contribution is 0.0493. The minimum atomic E-state index is -0.851. The summed E-state index contributed by atoms with van der Waals surface area (Å²) in [6.45, 7) is 4.88. The van der Waals surface area contributed by atoms with Gasteiger partial charge in [0, 0.05) is 23.9 Å². The van der Waals surface area contributed by atoms with Gasteiger partial charge in [-0.2, -0.15) is 5.26 Å². The highest BCUT2D eigenvalue weighted by atomic mass is 16.5. The Balaban J connectivity index is 1.69. The van der Waals surface area contributed by atoms with Crippen LogP contribution in [0.5, 0.6) is 11.5 Å². The van der Waals surface area contributed by atoms with Crippen LogP contribution in [0.3, 0.4) is 0 Å². The number of nitriles is 1. The third-order valence-corrected chi connectivity index (χ3v) is 6.70. The lowest BCUT2D eigenvalue weighted by Crippen LogP contribution is -2.59. The van der Waals surface area contributed by atoms with Crippen LogP contribution in [0.15, 0.2) is 71.9 Å². The fourth-order valence-electron chi connectivity index (χ4n) is 4.99. The van der Waals surface area contributed by atoms with E-state index in [0.29, 0.717) is 23.6 Å². The summed E-state index contributed by atoms with van der Waals surface area (Å²) in [6, 6.07) is 21.4. The highest BCUT2D eigenvalue weighted by Gasteiger charge is 2.59. The number of nitrogens with zero attached hydrogens (tertiary/aromatic N) is 3. The summed E-state index contributed by atoms with van der Waals surface area (Å²) in [6.07, 6.45) is 4.03. The first-order valence-electron chi connectivity index (χ1n) is 10.7. The predicted octanol–water partition coefficient (Wildman–Crippen LogP) is 6.06. The number of hydrogen-bond acceptors (Lipinski definition) is 6. The van der Waals surface area contributed by atoms with E-state index in [1.165, 1.54) is 5.56 Å². The molecule has 1 unspecified atom stereocenters. The van der Waals surface area contributed by atoms with Gasteiger partial charge in [0.1, 0.15) is 5.69 Å². The van der Waals surface area contributed by atoms with E-state index < -0.39 is 11.1 Å². The van der Waals surface area contributed by atoms with Crippen LogP contribution in [-0.2, 0) is 12.0 Å². The Bertz CT molecular complexity index is 1340. The number of hydrogen-bond donors (Lipinski definition) is 0. The smallest absolute Gasteiger partial charge is 0.212 e. The normalized spacial score (nSPS) is 19.4. The second-order valence-electron chi connectivity index (χ2n) is 8.83. The SMILES string of the molecule is COc1cc(N=O)cc2c1OC1(C=C2)N(Cc2cccc(C#N)c2)c2ccccc2C1(C)C. The van der Waals surface area contributed by atoms with Crippen LogP contribution in [0.1, 0.15) is 36.1 Å². The fourth-order valence-corrected chi connectivity index (χ4v) is 4.99. The Morgan fingerprint density at radius 3 is 2.70 bits per heavy atom. The van der Waals surface area contributed by atoms with E-state index in [4.69, 9.17) is 9.47 Å². The van der Waals surface area contributed by atoms with Crippen molar-refractivity contribution in [3.8, 4) is 17.6 Å². The highest BCUT2D eigenvalue weighted by molar-refractivity contribution is 5.75. The minimum absolute atomic E-state index is 0.286. The quantitative estimate of drug-likeness (QED) is 0.464. The maximum atomic E-state index is 11.2. The van der Waals surface area contributed by atoms with Crippen LogP contribution >= 0.6 is 0 Å². The van der Waals surface area contributed by atoms with Crippen LogP contribution < -0.4 is 14.4 Å². The van der Waals surface area contributed by atoms with Gasteiger partial charge >= 0.3 is 0 Å². The second kappa shape index (κ2) is 7.49. The van der Waals surface area contributed by atoms with Crippen LogP contribution in [0.25, 0.3) is 6.08 Å². The van der Waals surface area contributed by atoms with Gasteiger partial charge in [-0.25, -0.2) is 0 Å². The molecule has 1 atom stereocenters. The van der Waals surface area contributed by atoms with Crippen LogP contribution in [-0.4, -0.2) is 12.8 Å². The molecule has 6 nitrogen and oxygen atoms in total. The molecule has 0 saturated carbocycles. The van der Waals surface area contributed by atoms with Gasteiger partial charge in [-0.05, 0) is 66.6 Å². The molecule has 33 heavy (non-hydrogen) atoms. The van der Waals surface area contributed by atoms with Crippen molar-refractivity contribution in [3.05, 3.63) is 93.9 Å². The van der Waals surface area contributed by atoms with Gasteiger partial charge in [-0.15, -0.1) is 4.91 Å². The van der Waals surface area contributed by atoms with Gasteiger partial charge in [0.2, 0.25) is 5.72 Å². The lowest BCUT2D eigenvalue weighted by atomic mass is 9.76. The zero-order valence-corrected chi connectivity index (χ0v) is 18.7. The predicted molar refractivity (Wildman–Crippen MR) is 128 cm³/mol. The summed E-state index contributed by atoms with van der Waals surface area (Å²) in [5, 5.41) is 12.4. The van der Waals surface area contributed by atoms with Crippen LogP contribution in [0, 0.1) is 16.2 Å². The number of nitroso groups, excluding NO2 is 1. The molecule has 2 aliphatic heterocycles. The number of anilines is 1. The second-order valence-corrected chi connectivity index (χ2v) is 8.83. The van der Waals surface area contributed by atoms with Crippen molar-refractivity contribution in [1.82, 2.24) is 0 Å². The molecule has 164 valence electrons. The number of fused-ring (bicyclic) bond motifs is 2. The maximum Gasteiger partial charge on any atom is 0.212 e. The first-order chi connectivity index (χ1) is 15.9. The van der Waals surface area contributed by atoms with Crippen molar-refractivity contribution < 1.29 is 9.47 Å². The third kappa shape index (κ3) is 3.00. The Hall–Kier alpha value is -4.11. The Morgan fingerprint density at radius 1 is 1.12 bits per heavy atom. The molecule has 0 aliphatic carbocycles. The summed E-state index contributed by atoms with van der Waals surface area (Å²) in [5.74, 6) is 1.04. The summed E-state index contributed by atoms with van der Waals surface area (Å²) >= 11 is 0. The molecule has 0 amide bonds. The molecule has 0 aromatic heterocycles. The Kier molecular flexibility index (Phi) is 4.71. The van der Waals surface area contributed by atoms with E-state index in [1.807, 2.05) is 36.4 Å². The van der Waals surface area contributed by atoms with E-state index in [9.17, 15) is 10.2 Å². The van der Waals surface area contributed by atoms with Crippen LogP contribution in [0.2, 0.25) is 0 Å². The summed E-state index contributed by atoms with van der Waals surface area (Å²) in [4.78, 5) is 13.4. The Labute approximate surface area is 192 Å². The van der Waals surface area contributed by atoms with Gasteiger partial charge in [0.15, 0.2) is 11.5 Å². The largest absolute Gasteiger partial charge is 0.493 e. The molecular formula is C27H23N3O3. The molecule has 0 saturated heterocycles. The molecule has 2 heterocycles. The molecule has 6 heteroatoms. The number of ether oxygens (including phenoxy) is 2. The molecule has 0 bridgehead atoms. The van der Waals surface area contributed by atoms with Crippen molar-refractivity contribution in [2.24, 2.45) is 5.18 Å². The third-order valence-electron chi connectivity index (χ3n) is 6.70. The average molecular weight is 437 g/mol. The van der Waals surface area contributed by atoms with E-state index in [2.05, 4.69) is 48.2 Å². The summed E-state index contributed by atoms with van der Waals surface area (Å²) in [5.41, 5.74) is 3.63. The topological polar surface area (TPSA) is 74.9 Å². The molecule has 1 spiro atoms.